The number of rotatable bonds is 6. The van der Waals surface area contributed by atoms with Crippen molar-refractivity contribution < 1.29 is 9.72 Å². The number of hydrogen-bond acceptors (Lipinski definition) is 4. The smallest absolute Gasteiger partial charge is 0.269 e. The highest BCUT2D eigenvalue weighted by atomic mass is 32.2. The molecule has 2 rings (SSSR count). The van der Waals surface area contributed by atoms with Crippen molar-refractivity contribution in [2.45, 2.75) is 36.8 Å². The van der Waals surface area contributed by atoms with Gasteiger partial charge in [0.05, 0.1) is 10.2 Å². The first-order valence-corrected chi connectivity index (χ1v) is 8.56. The fraction of sp³-hybridized carbons (Fsp3) is 0.278. The van der Waals surface area contributed by atoms with E-state index in [1.165, 1.54) is 29.5 Å². The van der Waals surface area contributed by atoms with Gasteiger partial charge in [0, 0.05) is 22.7 Å². The summed E-state index contributed by atoms with van der Waals surface area (Å²) >= 11 is 1.36. The van der Waals surface area contributed by atoms with Gasteiger partial charge in [-0.25, -0.2) is 0 Å². The van der Waals surface area contributed by atoms with E-state index in [1.54, 1.807) is 12.1 Å². The molecule has 0 aliphatic carbocycles. The molecule has 2 aromatic carbocycles. The van der Waals surface area contributed by atoms with E-state index in [4.69, 9.17) is 0 Å². The van der Waals surface area contributed by atoms with E-state index in [2.05, 4.69) is 19.2 Å². The maximum Gasteiger partial charge on any atom is 0.269 e. The van der Waals surface area contributed by atoms with Gasteiger partial charge in [-0.3, -0.25) is 14.9 Å². The number of nitrogens with one attached hydrogen (secondary N) is 1. The highest BCUT2D eigenvalue weighted by molar-refractivity contribution is 8.00. The van der Waals surface area contributed by atoms with Crippen LogP contribution in [0.25, 0.3) is 0 Å². The molecule has 0 saturated carbocycles. The largest absolute Gasteiger partial charge is 0.325 e. The van der Waals surface area contributed by atoms with Gasteiger partial charge in [0.2, 0.25) is 5.91 Å². The lowest BCUT2D eigenvalue weighted by molar-refractivity contribution is -0.384. The number of anilines is 1. The van der Waals surface area contributed by atoms with E-state index >= 15 is 0 Å². The van der Waals surface area contributed by atoms with E-state index < -0.39 is 4.92 Å². The molecule has 0 unspecified atom stereocenters. The molecule has 0 radical (unpaired) electrons. The monoisotopic (exact) mass is 344 g/mol. The van der Waals surface area contributed by atoms with Gasteiger partial charge < -0.3 is 5.32 Å². The Bertz CT molecular complexity index is 712. The second-order valence-corrected chi connectivity index (χ2v) is 7.19. The summed E-state index contributed by atoms with van der Waals surface area (Å²) in [6, 6.07) is 14.0. The van der Waals surface area contributed by atoms with E-state index in [-0.39, 0.29) is 16.8 Å². The predicted octanol–water partition coefficient (Wildman–Crippen LogP) is 4.84. The van der Waals surface area contributed by atoms with Crippen LogP contribution in [0, 0.1) is 10.1 Å². The number of nitro groups is 1. The normalized spacial score (nSPS) is 12.0. The van der Waals surface area contributed by atoms with Crippen molar-refractivity contribution >= 4 is 29.0 Å². The van der Waals surface area contributed by atoms with Gasteiger partial charge in [-0.05, 0) is 42.7 Å². The number of nitrogens with zero attached hydrogens (tertiary/aromatic N) is 1. The summed E-state index contributed by atoms with van der Waals surface area (Å²) in [5.41, 5.74) is 2.03. The predicted molar refractivity (Wildman–Crippen MR) is 97.6 cm³/mol. The molecule has 0 aliphatic heterocycles. The zero-order valence-electron chi connectivity index (χ0n) is 13.9. The third-order valence-electron chi connectivity index (χ3n) is 3.57. The number of benzene rings is 2. The number of hydrogen-bond donors (Lipinski definition) is 1. The Labute approximate surface area is 145 Å². The van der Waals surface area contributed by atoms with Gasteiger partial charge in [0.1, 0.15) is 0 Å². The van der Waals surface area contributed by atoms with Crippen molar-refractivity contribution in [2.75, 3.05) is 5.32 Å². The average molecular weight is 344 g/mol. The third kappa shape index (κ3) is 4.83. The van der Waals surface area contributed by atoms with E-state index in [1.807, 2.05) is 31.2 Å². The van der Waals surface area contributed by atoms with Gasteiger partial charge in [0.25, 0.3) is 5.69 Å². The van der Waals surface area contributed by atoms with Crippen molar-refractivity contribution in [3.8, 4) is 0 Å². The standard InChI is InChI=1S/C18H20N2O3S/c1-12(2)14-4-6-15(7-5-14)19-18(21)13(3)24-17-10-8-16(9-11-17)20(22)23/h4-13H,1-3H3,(H,19,21)/t13-/m1/s1. The number of carbonyl (C=O) groups is 1. The zero-order valence-corrected chi connectivity index (χ0v) is 14.7. The Balaban J connectivity index is 1.95. The summed E-state index contributed by atoms with van der Waals surface area (Å²) in [4.78, 5) is 23.3. The summed E-state index contributed by atoms with van der Waals surface area (Å²) in [5, 5.41) is 13.2. The first-order chi connectivity index (χ1) is 11.4. The molecule has 0 aliphatic rings. The quantitative estimate of drug-likeness (QED) is 0.462. The molecule has 1 atom stereocenters. The molecule has 0 aromatic heterocycles. The molecule has 6 heteroatoms. The Morgan fingerprint density at radius 2 is 1.62 bits per heavy atom. The fourth-order valence-electron chi connectivity index (χ4n) is 2.10. The third-order valence-corrected chi connectivity index (χ3v) is 4.69. The molecular weight excluding hydrogens is 324 g/mol. The van der Waals surface area contributed by atoms with Crippen LogP contribution in [-0.4, -0.2) is 16.1 Å². The summed E-state index contributed by atoms with van der Waals surface area (Å²) in [6.45, 7) is 6.05. The van der Waals surface area contributed by atoms with Crippen LogP contribution in [0.3, 0.4) is 0 Å². The summed E-state index contributed by atoms with van der Waals surface area (Å²) < 4.78 is 0. The highest BCUT2D eigenvalue weighted by Crippen LogP contribution is 2.26. The van der Waals surface area contributed by atoms with Crippen molar-refractivity contribution in [3.05, 3.63) is 64.2 Å². The molecule has 126 valence electrons. The van der Waals surface area contributed by atoms with E-state index in [9.17, 15) is 14.9 Å². The van der Waals surface area contributed by atoms with Crippen molar-refractivity contribution in [1.82, 2.24) is 0 Å². The van der Waals surface area contributed by atoms with Crippen LogP contribution in [0.15, 0.2) is 53.4 Å². The van der Waals surface area contributed by atoms with Crippen molar-refractivity contribution in [3.63, 3.8) is 0 Å². The second-order valence-electron chi connectivity index (χ2n) is 5.78. The molecule has 2 aromatic rings. The molecule has 1 N–H and O–H groups in total. The summed E-state index contributed by atoms with van der Waals surface area (Å²) in [5.74, 6) is 0.349. The van der Waals surface area contributed by atoms with Crippen LogP contribution >= 0.6 is 11.8 Å². The fourth-order valence-corrected chi connectivity index (χ4v) is 2.97. The van der Waals surface area contributed by atoms with Crippen LogP contribution in [0.4, 0.5) is 11.4 Å². The molecule has 1 amide bonds. The number of thioether (sulfide) groups is 1. The van der Waals surface area contributed by atoms with E-state index in [0.29, 0.717) is 5.92 Å². The number of carbonyl (C=O) groups excluding carboxylic acids is 1. The molecule has 0 saturated heterocycles. The van der Waals surface area contributed by atoms with Gasteiger partial charge >= 0.3 is 0 Å². The van der Waals surface area contributed by atoms with Crippen LogP contribution in [-0.2, 0) is 4.79 Å². The Morgan fingerprint density at radius 1 is 1.04 bits per heavy atom. The Hall–Kier alpha value is -2.34. The Kier molecular flexibility index (Phi) is 5.98. The molecule has 0 bridgehead atoms. The lowest BCUT2D eigenvalue weighted by Gasteiger charge is -2.13. The first-order valence-electron chi connectivity index (χ1n) is 7.68. The molecule has 24 heavy (non-hydrogen) atoms. The maximum absolute atomic E-state index is 12.3. The SMILES string of the molecule is CC(C)c1ccc(NC(=O)[C@@H](C)Sc2ccc([N+](=O)[O-])cc2)cc1. The minimum Gasteiger partial charge on any atom is -0.325 e. The molecule has 0 fully saturated rings. The molecule has 0 spiro atoms. The van der Waals surface area contributed by atoms with Gasteiger partial charge in [-0.2, -0.15) is 0 Å². The van der Waals surface area contributed by atoms with Gasteiger partial charge in [0.15, 0.2) is 0 Å². The lowest BCUT2D eigenvalue weighted by atomic mass is 10.0. The van der Waals surface area contributed by atoms with Crippen LogP contribution in [0.5, 0.6) is 0 Å². The molecule has 5 nitrogen and oxygen atoms in total. The number of nitro benzene ring substituents is 1. The minimum atomic E-state index is -0.439. The highest BCUT2D eigenvalue weighted by Gasteiger charge is 2.15. The number of non-ortho nitro benzene ring substituents is 1. The molecular formula is C18H20N2O3S. The maximum atomic E-state index is 12.3. The first kappa shape index (κ1) is 18.0. The van der Waals surface area contributed by atoms with E-state index in [0.717, 1.165) is 10.6 Å². The zero-order chi connectivity index (χ0) is 17.7. The number of amides is 1. The topological polar surface area (TPSA) is 72.2 Å². The summed E-state index contributed by atoms with van der Waals surface area (Å²) in [7, 11) is 0. The van der Waals surface area contributed by atoms with Crippen LogP contribution in [0.2, 0.25) is 0 Å². The van der Waals surface area contributed by atoms with Crippen molar-refractivity contribution in [1.29, 1.82) is 0 Å². The van der Waals surface area contributed by atoms with Crippen LogP contribution in [0.1, 0.15) is 32.3 Å². The lowest BCUT2D eigenvalue weighted by Crippen LogP contribution is -2.22. The summed E-state index contributed by atoms with van der Waals surface area (Å²) in [6.07, 6.45) is 0. The average Bonchev–Trinajstić information content (AvgIpc) is 2.55. The Morgan fingerprint density at radius 3 is 2.12 bits per heavy atom. The van der Waals surface area contributed by atoms with Gasteiger partial charge in [-0.1, -0.05) is 26.0 Å². The van der Waals surface area contributed by atoms with Crippen molar-refractivity contribution in [2.24, 2.45) is 0 Å². The van der Waals surface area contributed by atoms with Gasteiger partial charge in [-0.15, -0.1) is 11.8 Å². The van der Waals surface area contributed by atoms with Crippen LogP contribution < -0.4 is 5.32 Å². The minimum absolute atomic E-state index is 0.0432. The second kappa shape index (κ2) is 7.97. The molecule has 0 heterocycles.